The van der Waals surface area contributed by atoms with Gasteiger partial charge < -0.3 is 10.6 Å². The first-order valence-electron chi connectivity index (χ1n) is 8.71. The number of amides is 1. The lowest BCUT2D eigenvalue weighted by Crippen LogP contribution is -2.50. The predicted octanol–water partition coefficient (Wildman–Crippen LogP) is 2.03. The summed E-state index contributed by atoms with van der Waals surface area (Å²) in [6.07, 6.45) is 2.28. The van der Waals surface area contributed by atoms with Crippen molar-refractivity contribution in [2.75, 3.05) is 13.1 Å². The quantitative estimate of drug-likeness (QED) is 0.869. The van der Waals surface area contributed by atoms with Crippen molar-refractivity contribution in [2.45, 2.75) is 13.3 Å². The summed E-state index contributed by atoms with van der Waals surface area (Å²) in [7, 11) is 0. The highest BCUT2D eigenvalue weighted by Crippen LogP contribution is 2.50. The smallest absolute Gasteiger partial charge is 0.219 e. The third kappa shape index (κ3) is 2.84. The number of fused-ring (bicyclic) bond motifs is 1. The van der Waals surface area contributed by atoms with E-state index in [1.807, 2.05) is 36.4 Å². The topological polar surface area (TPSA) is 118 Å². The van der Waals surface area contributed by atoms with Crippen molar-refractivity contribution in [2.24, 2.45) is 23.0 Å². The number of nitriles is 3. The number of rotatable bonds is 2. The van der Waals surface area contributed by atoms with Gasteiger partial charge in [0.15, 0.2) is 5.41 Å². The van der Waals surface area contributed by atoms with Crippen LogP contribution in [0.1, 0.15) is 12.5 Å². The Balaban J connectivity index is 2.19. The number of carbonyl (C=O) groups is 1. The van der Waals surface area contributed by atoms with E-state index in [-0.39, 0.29) is 23.1 Å². The molecule has 1 heterocycles. The van der Waals surface area contributed by atoms with Crippen LogP contribution in [-0.4, -0.2) is 23.9 Å². The summed E-state index contributed by atoms with van der Waals surface area (Å²) >= 11 is 0. The van der Waals surface area contributed by atoms with Gasteiger partial charge in [0.2, 0.25) is 5.91 Å². The standard InChI is InChI=1S/C21H19N5O/c1-14(27)26-8-7-16-17(10-22)20(25)21(12-23,13-24)19(18(16)11-26)9-15-5-3-2-4-6-15/h2-7,18-19H,8-9,11,25H2,1H3/t18-,19+/m0/s1. The third-order valence-electron chi connectivity index (χ3n) is 5.58. The molecule has 6 nitrogen and oxygen atoms in total. The molecule has 6 heteroatoms. The van der Waals surface area contributed by atoms with E-state index in [0.717, 1.165) is 11.1 Å². The summed E-state index contributed by atoms with van der Waals surface area (Å²) in [6, 6.07) is 15.9. The van der Waals surface area contributed by atoms with Gasteiger partial charge in [-0.3, -0.25) is 4.79 Å². The van der Waals surface area contributed by atoms with Gasteiger partial charge in [-0.25, -0.2) is 0 Å². The Bertz CT molecular complexity index is 941. The zero-order chi connectivity index (χ0) is 19.6. The summed E-state index contributed by atoms with van der Waals surface area (Å²) in [5.74, 6) is -0.839. The van der Waals surface area contributed by atoms with Crippen molar-refractivity contribution in [3.05, 3.63) is 58.8 Å². The average Bonchev–Trinajstić information content (AvgIpc) is 2.69. The fourth-order valence-electron chi connectivity index (χ4n) is 4.11. The van der Waals surface area contributed by atoms with Crippen molar-refractivity contribution in [1.29, 1.82) is 15.8 Å². The van der Waals surface area contributed by atoms with Crippen molar-refractivity contribution >= 4 is 5.91 Å². The molecular formula is C21H19N5O. The van der Waals surface area contributed by atoms with E-state index in [1.165, 1.54) is 6.92 Å². The second-order valence-corrected chi connectivity index (χ2v) is 6.92. The maximum absolute atomic E-state index is 11.9. The Labute approximate surface area is 158 Å². The molecule has 0 radical (unpaired) electrons. The molecule has 2 aliphatic rings. The van der Waals surface area contributed by atoms with Crippen LogP contribution in [0.4, 0.5) is 0 Å². The summed E-state index contributed by atoms with van der Waals surface area (Å²) in [5.41, 5.74) is 6.57. The lowest BCUT2D eigenvalue weighted by Gasteiger charge is -2.45. The monoisotopic (exact) mass is 357 g/mol. The van der Waals surface area contributed by atoms with E-state index in [0.29, 0.717) is 19.5 Å². The van der Waals surface area contributed by atoms with E-state index < -0.39 is 11.3 Å². The van der Waals surface area contributed by atoms with Crippen molar-refractivity contribution in [3.8, 4) is 18.2 Å². The maximum Gasteiger partial charge on any atom is 0.219 e. The van der Waals surface area contributed by atoms with E-state index in [4.69, 9.17) is 5.73 Å². The summed E-state index contributed by atoms with van der Waals surface area (Å²) in [6.45, 7) is 2.25. The number of nitrogens with zero attached hydrogens (tertiary/aromatic N) is 4. The largest absolute Gasteiger partial charge is 0.399 e. The second kappa shape index (κ2) is 6.98. The van der Waals surface area contributed by atoms with Gasteiger partial charge >= 0.3 is 0 Å². The molecule has 1 aromatic rings. The highest BCUT2D eigenvalue weighted by molar-refractivity contribution is 5.74. The Morgan fingerprint density at radius 3 is 2.48 bits per heavy atom. The molecule has 2 N–H and O–H groups in total. The summed E-state index contributed by atoms with van der Waals surface area (Å²) < 4.78 is 0. The predicted molar refractivity (Wildman–Crippen MR) is 97.9 cm³/mol. The molecule has 0 bridgehead atoms. The molecule has 0 saturated heterocycles. The molecule has 27 heavy (non-hydrogen) atoms. The molecule has 2 atom stereocenters. The van der Waals surface area contributed by atoms with Crippen LogP contribution < -0.4 is 5.73 Å². The number of hydrogen-bond donors (Lipinski definition) is 1. The second-order valence-electron chi connectivity index (χ2n) is 6.92. The summed E-state index contributed by atoms with van der Waals surface area (Å²) in [4.78, 5) is 13.6. The van der Waals surface area contributed by atoms with Crippen LogP contribution in [-0.2, 0) is 11.2 Å². The number of carbonyl (C=O) groups excluding carboxylic acids is 1. The Morgan fingerprint density at radius 1 is 1.26 bits per heavy atom. The van der Waals surface area contributed by atoms with Gasteiger partial charge in [0, 0.05) is 31.8 Å². The van der Waals surface area contributed by atoms with Crippen molar-refractivity contribution < 1.29 is 4.79 Å². The molecule has 0 spiro atoms. The molecule has 1 aromatic carbocycles. The first-order valence-corrected chi connectivity index (χ1v) is 8.71. The maximum atomic E-state index is 11.9. The van der Waals surface area contributed by atoms with Gasteiger partial charge in [-0.05, 0) is 17.6 Å². The van der Waals surface area contributed by atoms with E-state index >= 15 is 0 Å². The number of nitrogens with two attached hydrogens (primary N) is 1. The van der Waals surface area contributed by atoms with Crippen LogP contribution in [0.25, 0.3) is 0 Å². The van der Waals surface area contributed by atoms with Crippen LogP contribution in [0.15, 0.2) is 53.3 Å². The van der Waals surface area contributed by atoms with Gasteiger partial charge in [-0.15, -0.1) is 0 Å². The fraction of sp³-hybridized carbons (Fsp3) is 0.333. The van der Waals surface area contributed by atoms with Crippen LogP contribution in [0.3, 0.4) is 0 Å². The minimum absolute atomic E-state index is 0.0229. The fourth-order valence-corrected chi connectivity index (χ4v) is 4.11. The molecule has 0 fully saturated rings. The van der Waals surface area contributed by atoms with E-state index in [9.17, 15) is 20.6 Å². The molecule has 0 unspecified atom stereocenters. The number of benzene rings is 1. The lowest BCUT2D eigenvalue weighted by molar-refractivity contribution is -0.129. The van der Waals surface area contributed by atoms with Crippen LogP contribution in [0, 0.1) is 51.2 Å². The average molecular weight is 357 g/mol. The van der Waals surface area contributed by atoms with E-state index in [2.05, 4.69) is 18.2 Å². The zero-order valence-corrected chi connectivity index (χ0v) is 15.0. The first-order chi connectivity index (χ1) is 13.0. The Kier molecular flexibility index (Phi) is 4.72. The van der Waals surface area contributed by atoms with Gasteiger partial charge in [-0.1, -0.05) is 36.4 Å². The Morgan fingerprint density at radius 2 is 1.93 bits per heavy atom. The molecule has 3 rings (SSSR count). The van der Waals surface area contributed by atoms with Gasteiger partial charge in [0.05, 0.1) is 23.4 Å². The highest BCUT2D eigenvalue weighted by Gasteiger charge is 2.53. The Hall–Kier alpha value is -3.56. The molecular weight excluding hydrogens is 338 g/mol. The first kappa shape index (κ1) is 18.2. The molecule has 1 aliphatic carbocycles. The molecule has 134 valence electrons. The van der Waals surface area contributed by atoms with Gasteiger partial charge in [0.1, 0.15) is 6.07 Å². The third-order valence-corrected chi connectivity index (χ3v) is 5.58. The van der Waals surface area contributed by atoms with Crippen LogP contribution >= 0.6 is 0 Å². The van der Waals surface area contributed by atoms with Crippen molar-refractivity contribution in [3.63, 3.8) is 0 Å². The molecule has 1 amide bonds. The number of hydrogen-bond acceptors (Lipinski definition) is 5. The summed E-state index contributed by atoms with van der Waals surface area (Å²) in [5, 5.41) is 29.5. The lowest BCUT2D eigenvalue weighted by atomic mass is 9.58. The van der Waals surface area contributed by atoms with Crippen LogP contribution in [0.5, 0.6) is 0 Å². The van der Waals surface area contributed by atoms with Gasteiger partial charge in [-0.2, -0.15) is 15.8 Å². The molecule has 0 aromatic heterocycles. The number of allylic oxidation sites excluding steroid dienone is 2. The minimum atomic E-state index is -1.61. The van der Waals surface area contributed by atoms with Crippen LogP contribution in [0.2, 0.25) is 0 Å². The highest BCUT2D eigenvalue weighted by atomic mass is 16.2. The molecule has 0 saturated carbocycles. The molecule has 1 aliphatic heterocycles. The van der Waals surface area contributed by atoms with E-state index in [1.54, 1.807) is 4.90 Å². The zero-order valence-electron chi connectivity index (χ0n) is 15.0. The normalized spacial score (nSPS) is 23.3. The van der Waals surface area contributed by atoms with Crippen molar-refractivity contribution in [1.82, 2.24) is 4.90 Å². The minimum Gasteiger partial charge on any atom is -0.399 e. The van der Waals surface area contributed by atoms with Gasteiger partial charge in [0.25, 0.3) is 0 Å². The SMILES string of the molecule is CC(=O)N1CC=C2C(C#N)=C(N)C(C#N)(C#N)[C@H](Cc3ccccc3)[C@H]2C1.